The average molecular weight is 541 g/mol. The number of nitrogens with zero attached hydrogens (tertiary/aromatic N) is 4. The van der Waals surface area contributed by atoms with Crippen LogP contribution in [0, 0.1) is 52.2 Å². The molecule has 0 saturated heterocycles. The lowest BCUT2D eigenvalue weighted by Crippen LogP contribution is -2.09. The number of rotatable bonds is 12. The Morgan fingerprint density at radius 2 is 1.24 bits per heavy atom. The molecule has 0 bridgehead atoms. The Kier molecular flexibility index (Phi) is 12.9. The molecule has 0 amide bonds. The van der Waals surface area contributed by atoms with Gasteiger partial charge in [0.05, 0.1) is 13.2 Å². The topological polar surface area (TPSA) is 131 Å². The molecule has 0 atom stereocenters. The number of hydrogen-bond donors (Lipinski definition) is 0. The first-order chi connectivity index (χ1) is 19.8. The van der Waals surface area contributed by atoms with Gasteiger partial charge in [0.25, 0.3) is 0 Å². The van der Waals surface area contributed by atoms with Crippen LogP contribution in [0.4, 0.5) is 0 Å². The number of carbonyl (C=O) groups excluding carboxylic acids is 1. The van der Waals surface area contributed by atoms with Crippen molar-refractivity contribution in [3.63, 3.8) is 0 Å². The summed E-state index contributed by atoms with van der Waals surface area (Å²) >= 11 is 0. The number of hydrogen-bond acceptors (Lipinski definition) is 7. The fourth-order valence-electron chi connectivity index (χ4n) is 3.36. The first kappa shape index (κ1) is 31.3. The summed E-state index contributed by atoms with van der Waals surface area (Å²) in [4.78, 5) is 11.5. The van der Waals surface area contributed by atoms with Gasteiger partial charge in [-0.05, 0) is 60.4 Å². The van der Waals surface area contributed by atoms with Gasteiger partial charge in [0.2, 0.25) is 0 Å². The van der Waals surface area contributed by atoms with Crippen LogP contribution in [0.25, 0.3) is 11.1 Å². The molecule has 0 radical (unpaired) electrons. The van der Waals surface area contributed by atoms with Crippen LogP contribution in [0.5, 0.6) is 5.75 Å². The molecule has 202 valence electrons. The quantitative estimate of drug-likeness (QED) is 0.0718. The summed E-state index contributed by atoms with van der Waals surface area (Å²) in [5.74, 6) is 0.195. The van der Waals surface area contributed by atoms with Crippen molar-refractivity contribution in [3.8, 4) is 30.0 Å². The van der Waals surface area contributed by atoms with Gasteiger partial charge in [-0.3, -0.25) is 0 Å². The van der Waals surface area contributed by atoms with Crippen LogP contribution in [-0.4, -0.2) is 19.2 Å². The largest absolute Gasteiger partial charge is 0.493 e. The molecule has 0 unspecified atom stereocenters. The predicted octanol–water partition coefficient (Wildman–Crippen LogP) is 6.85. The van der Waals surface area contributed by atoms with E-state index in [9.17, 15) is 4.79 Å². The molecule has 0 N–H and O–H groups in total. The van der Waals surface area contributed by atoms with Gasteiger partial charge in [0.1, 0.15) is 41.2 Å². The van der Waals surface area contributed by atoms with Crippen molar-refractivity contribution in [1.82, 2.24) is 0 Å². The molecule has 0 aromatic heterocycles. The van der Waals surface area contributed by atoms with Crippen LogP contribution in [0.2, 0.25) is 0 Å². The van der Waals surface area contributed by atoms with E-state index in [0.717, 1.165) is 27.8 Å². The third-order valence-electron chi connectivity index (χ3n) is 5.49. The summed E-state index contributed by atoms with van der Waals surface area (Å²) in [7, 11) is 0. The molecule has 0 saturated carbocycles. The third kappa shape index (κ3) is 10.4. The molecular formula is C34H28N4O3. The lowest BCUT2D eigenvalue weighted by Gasteiger charge is -2.13. The lowest BCUT2D eigenvalue weighted by molar-refractivity contribution is -0.139. The van der Waals surface area contributed by atoms with Crippen molar-refractivity contribution < 1.29 is 14.3 Å². The van der Waals surface area contributed by atoms with Gasteiger partial charge in [-0.1, -0.05) is 72.8 Å². The number of allylic oxidation sites excluding steroid dienone is 10. The normalized spacial score (nSPS) is 10.8. The van der Waals surface area contributed by atoms with E-state index in [1.165, 1.54) is 12.2 Å². The molecular weight excluding hydrogens is 512 g/mol. The maximum Gasteiger partial charge on any atom is 0.333 e. The molecule has 7 nitrogen and oxygen atoms in total. The second-order valence-electron chi connectivity index (χ2n) is 8.66. The second-order valence-corrected chi connectivity index (χ2v) is 8.66. The fourth-order valence-corrected chi connectivity index (χ4v) is 3.36. The number of esters is 1. The number of nitriles is 4. The first-order valence-corrected chi connectivity index (χ1v) is 12.6. The summed E-state index contributed by atoms with van der Waals surface area (Å²) in [5.41, 5.74) is 4.59. The van der Waals surface area contributed by atoms with Crippen LogP contribution in [-0.2, 0) is 9.53 Å². The molecule has 41 heavy (non-hydrogen) atoms. The maximum atomic E-state index is 11.5. The van der Waals surface area contributed by atoms with Gasteiger partial charge < -0.3 is 9.47 Å². The SMILES string of the molecule is C=C(C)C(=O)OCCCOc1ccc(C(/C=C/C=C(C#N)C#N)=C(\C=C\C=C(C#N)C#N)c2ccc(C)cc2)cc1. The fraction of sp³-hybridized carbons (Fsp3) is 0.147. The Morgan fingerprint density at radius 3 is 1.68 bits per heavy atom. The molecule has 2 aromatic rings. The van der Waals surface area contributed by atoms with Gasteiger partial charge in [-0.2, -0.15) is 21.0 Å². The van der Waals surface area contributed by atoms with Gasteiger partial charge in [0, 0.05) is 12.0 Å². The van der Waals surface area contributed by atoms with E-state index in [0.29, 0.717) is 24.4 Å². The van der Waals surface area contributed by atoms with Crippen LogP contribution < -0.4 is 4.74 Å². The van der Waals surface area contributed by atoms with Crippen molar-refractivity contribution in [2.75, 3.05) is 13.2 Å². The average Bonchev–Trinajstić information content (AvgIpc) is 2.98. The number of ether oxygens (including phenoxy) is 2. The van der Waals surface area contributed by atoms with E-state index in [4.69, 9.17) is 30.5 Å². The molecule has 0 aliphatic carbocycles. The van der Waals surface area contributed by atoms with Crippen molar-refractivity contribution in [1.29, 1.82) is 21.0 Å². The number of benzene rings is 2. The van der Waals surface area contributed by atoms with Crippen molar-refractivity contribution in [3.05, 3.63) is 125 Å². The van der Waals surface area contributed by atoms with Crippen LogP contribution in [0.1, 0.15) is 30.0 Å². The molecule has 0 spiro atoms. The summed E-state index contributed by atoms with van der Waals surface area (Å²) < 4.78 is 10.9. The van der Waals surface area contributed by atoms with Gasteiger partial charge in [-0.25, -0.2) is 4.79 Å². The van der Waals surface area contributed by atoms with E-state index in [1.54, 1.807) is 31.2 Å². The van der Waals surface area contributed by atoms with Gasteiger partial charge >= 0.3 is 5.97 Å². The second kappa shape index (κ2) is 16.8. The molecule has 0 heterocycles. The van der Waals surface area contributed by atoms with Crippen LogP contribution in [0.3, 0.4) is 0 Å². The van der Waals surface area contributed by atoms with Crippen molar-refractivity contribution >= 4 is 17.1 Å². The molecule has 0 aliphatic rings. The minimum Gasteiger partial charge on any atom is -0.493 e. The third-order valence-corrected chi connectivity index (χ3v) is 5.49. The van der Waals surface area contributed by atoms with Gasteiger partial charge in [-0.15, -0.1) is 0 Å². The van der Waals surface area contributed by atoms with Crippen molar-refractivity contribution in [2.24, 2.45) is 0 Å². The summed E-state index contributed by atoms with van der Waals surface area (Å²) in [5, 5.41) is 36.5. The molecule has 2 aromatic carbocycles. The van der Waals surface area contributed by atoms with E-state index in [1.807, 2.05) is 79.7 Å². The number of aryl methyl sites for hydroxylation is 1. The standard InChI is InChI=1S/C34H28N4O3/c1-25(2)34(39)41-20-6-19-40-31-17-15-30(16-18-31)33(10-5-8-28(23-37)24-38)32(9-4-7-27(21-35)22-36)29-13-11-26(3)12-14-29/h4-5,7-18H,1,6,19-20H2,2-3H3/b9-4+,10-5+,33-32+. The van der Waals surface area contributed by atoms with E-state index in [-0.39, 0.29) is 17.8 Å². The Bertz CT molecular complexity index is 1540. The number of carbonyl (C=O) groups is 1. The Labute approximate surface area is 240 Å². The van der Waals surface area contributed by atoms with E-state index in [2.05, 4.69) is 6.58 Å². The predicted molar refractivity (Wildman–Crippen MR) is 157 cm³/mol. The monoisotopic (exact) mass is 540 g/mol. The Morgan fingerprint density at radius 1 is 0.780 bits per heavy atom. The summed E-state index contributed by atoms with van der Waals surface area (Å²) in [6.45, 7) is 7.70. The zero-order chi connectivity index (χ0) is 30.0. The molecule has 7 heteroatoms. The Balaban J connectivity index is 2.50. The molecule has 0 aliphatic heterocycles. The van der Waals surface area contributed by atoms with Crippen LogP contribution >= 0.6 is 0 Å². The smallest absolute Gasteiger partial charge is 0.333 e. The minimum absolute atomic E-state index is 0.0342. The molecule has 0 fully saturated rings. The highest BCUT2D eigenvalue weighted by Gasteiger charge is 2.09. The minimum atomic E-state index is -0.432. The van der Waals surface area contributed by atoms with Crippen molar-refractivity contribution in [2.45, 2.75) is 20.3 Å². The Hall–Kier alpha value is -5.89. The highest BCUT2D eigenvalue weighted by atomic mass is 16.5. The van der Waals surface area contributed by atoms with Crippen LogP contribution in [0.15, 0.2) is 108 Å². The summed E-state index contributed by atoms with van der Waals surface area (Å²) in [6, 6.07) is 22.6. The summed E-state index contributed by atoms with van der Waals surface area (Å²) in [6.07, 6.45) is 10.2. The van der Waals surface area contributed by atoms with E-state index < -0.39 is 5.97 Å². The molecule has 2 rings (SSSR count). The maximum absolute atomic E-state index is 11.5. The zero-order valence-electron chi connectivity index (χ0n) is 22.9. The highest BCUT2D eigenvalue weighted by Crippen LogP contribution is 2.30. The highest BCUT2D eigenvalue weighted by molar-refractivity contribution is 6.00. The van der Waals surface area contributed by atoms with Gasteiger partial charge in [0.15, 0.2) is 0 Å². The van der Waals surface area contributed by atoms with E-state index >= 15 is 0 Å². The first-order valence-electron chi connectivity index (χ1n) is 12.6. The zero-order valence-corrected chi connectivity index (χ0v) is 22.9. The lowest BCUT2D eigenvalue weighted by atomic mass is 9.93.